The van der Waals surface area contributed by atoms with Crippen molar-refractivity contribution in [1.29, 1.82) is 0 Å². The van der Waals surface area contributed by atoms with E-state index in [-0.39, 0.29) is 0 Å². The zero-order valence-corrected chi connectivity index (χ0v) is 11.9. The van der Waals surface area contributed by atoms with Gasteiger partial charge in [0.1, 0.15) is 0 Å². The Labute approximate surface area is 110 Å². The summed E-state index contributed by atoms with van der Waals surface area (Å²) in [6.07, 6.45) is 3.01. The normalized spacial score (nSPS) is 12.4. The predicted octanol–water partition coefficient (Wildman–Crippen LogP) is 2.05. The van der Waals surface area contributed by atoms with Crippen LogP contribution >= 0.6 is 0 Å². The number of likely N-dealkylation sites (N-methyl/N-ethyl adjacent to an activating group) is 1. The number of ether oxygens (including phenoxy) is 1. The number of rotatable bonds is 8. The summed E-state index contributed by atoms with van der Waals surface area (Å²) >= 11 is 0. The van der Waals surface area contributed by atoms with E-state index in [9.17, 15) is 0 Å². The number of anilines is 1. The van der Waals surface area contributed by atoms with Gasteiger partial charge in [0.2, 0.25) is 0 Å². The monoisotopic (exact) mass is 251 g/mol. The second-order valence-electron chi connectivity index (χ2n) is 4.60. The van der Waals surface area contributed by atoms with Crippen LogP contribution < -0.4 is 10.2 Å². The molecule has 4 nitrogen and oxygen atoms in total. The van der Waals surface area contributed by atoms with Gasteiger partial charge in [-0.2, -0.15) is 0 Å². The zero-order valence-electron chi connectivity index (χ0n) is 11.9. The van der Waals surface area contributed by atoms with Gasteiger partial charge in [0.05, 0.1) is 12.3 Å². The molecule has 1 heterocycles. The Morgan fingerprint density at radius 2 is 2.28 bits per heavy atom. The summed E-state index contributed by atoms with van der Waals surface area (Å²) < 4.78 is 5.19. The van der Waals surface area contributed by atoms with Gasteiger partial charge in [0.15, 0.2) is 0 Å². The number of aromatic nitrogens is 1. The molecule has 0 amide bonds. The summed E-state index contributed by atoms with van der Waals surface area (Å²) in [5, 5.41) is 3.37. The van der Waals surface area contributed by atoms with Gasteiger partial charge < -0.3 is 15.0 Å². The Morgan fingerprint density at radius 1 is 1.50 bits per heavy atom. The maximum Gasteiger partial charge on any atom is 0.0663 e. The van der Waals surface area contributed by atoms with E-state index in [2.05, 4.69) is 42.2 Å². The van der Waals surface area contributed by atoms with Crippen LogP contribution in [0.3, 0.4) is 0 Å². The first-order valence-electron chi connectivity index (χ1n) is 6.56. The third-order valence-corrected chi connectivity index (χ3v) is 3.01. The van der Waals surface area contributed by atoms with Crippen molar-refractivity contribution in [3.05, 3.63) is 24.0 Å². The number of hydrogen-bond donors (Lipinski definition) is 1. The minimum Gasteiger partial charge on any atom is -0.383 e. The molecule has 102 valence electrons. The van der Waals surface area contributed by atoms with E-state index < -0.39 is 0 Å². The molecule has 1 aromatic heterocycles. The highest BCUT2D eigenvalue weighted by Crippen LogP contribution is 2.15. The quantitative estimate of drug-likeness (QED) is 0.718. The number of nitrogens with one attached hydrogen (secondary N) is 1. The van der Waals surface area contributed by atoms with Crippen LogP contribution in [0.25, 0.3) is 0 Å². The van der Waals surface area contributed by atoms with Crippen LogP contribution in [0.2, 0.25) is 0 Å². The van der Waals surface area contributed by atoms with Crippen molar-refractivity contribution in [2.75, 3.05) is 32.2 Å². The van der Waals surface area contributed by atoms with E-state index in [1.54, 1.807) is 7.11 Å². The molecule has 0 saturated heterocycles. The van der Waals surface area contributed by atoms with Crippen LogP contribution in [0.5, 0.6) is 0 Å². The van der Waals surface area contributed by atoms with Crippen LogP contribution in [0, 0.1) is 0 Å². The molecular formula is C14H25N3O. The lowest BCUT2D eigenvalue weighted by Crippen LogP contribution is -2.32. The molecule has 0 radical (unpaired) electrons. The molecule has 0 aliphatic carbocycles. The molecule has 1 unspecified atom stereocenters. The minimum atomic E-state index is 0.355. The summed E-state index contributed by atoms with van der Waals surface area (Å²) in [5.41, 5.74) is 2.26. The average Bonchev–Trinajstić information content (AvgIpc) is 2.39. The van der Waals surface area contributed by atoms with Crippen molar-refractivity contribution in [2.45, 2.75) is 32.9 Å². The Kier molecular flexibility index (Phi) is 6.68. The van der Waals surface area contributed by atoms with Crippen molar-refractivity contribution >= 4 is 5.69 Å². The summed E-state index contributed by atoms with van der Waals surface area (Å²) in [5.74, 6) is 0. The molecule has 0 saturated carbocycles. The molecule has 1 atom stereocenters. The van der Waals surface area contributed by atoms with Crippen LogP contribution in [-0.2, 0) is 11.3 Å². The van der Waals surface area contributed by atoms with Gasteiger partial charge >= 0.3 is 0 Å². The highest BCUT2D eigenvalue weighted by molar-refractivity contribution is 5.46. The molecule has 0 aromatic carbocycles. The number of pyridine rings is 1. The molecule has 18 heavy (non-hydrogen) atoms. The smallest absolute Gasteiger partial charge is 0.0663 e. The Bertz CT molecular complexity index is 344. The molecule has 0 bridgehead atoms. The lowest BCUT2D eigenvalue weighted by molar-refractivity contribution is 0.183. The van der Waals surface area contributed by atoms with Crippen molar-refractivity contribution < 1.29 is 4.74 Å². The molecule has 0 spiro atoms. The summed E-state index contributed by atoms with van der Waals surface area (Å²) in [6.45, 7) is 6.90. The fraction of sp³-hybridized carbons (Fsp3) is 0.643. The van der Waals surface area contributed by atoms with Gasteiger partial charge in [-0.1, -0.05) is 6.92 Å². The van der Waals surface area contributed by atoms with Crippen molar-refractivity contribution in [1.82, 2.24) is 10.3 Å². The molecule has 1 rings (SSSR count). The van der Waals surface area contributed by atoms with E-state index in [0.29, 0.717) is 6.04 Å². The molecule has 1 aromatic rings. The van der Waals surface area contributed by atoms with Crippen LogP contribution in [-0.4, -0.2) is 38.3 Å². The van der Waals surface area contributed by atoms with E-state index in [4.69, 9.17) is 4.74 Å². The van der Waals surface area contributed by atoms with E-state index in [0.717, 1.165) is 31.8 Å². The van der Waals surface area contributed by atoms with Gasteiger partial charge in [-0.3, -0.25) is 4.98 Å². The van der Waals surface area contributed by atoms with Gasteiger partial charge in [-0.25, -0.2) is 0 Å². The number of nitrogens with zero attached hydrogens (tertiary/aromatic N) is 2. The van der Waals surface area contributed by atoms with Crippen LogP contribution in [0.15, 0.2) is 18.3 Å². The Balaban J connectivity index is 2.62. The van der Waals surface area contributed by atoms with Crippen molar-refractivity contribution in [2.24, 2.45) is 0 Å². The molecule has 4 heteroatoms. The second-order valence-corrected chi connectivity index (χ2v) is 4.60. The SMILES string of the molecule is CCCNCc1cc(N(C)C(C)COC)ccn1. The van der Waals surface area contributed by atoms with Crippen molar-refractivity contribution in [3.8, 4) is 0 Å². The maximum absolute atomic E-state index is 5.19. The summed E-state index contributed by atoms with van der Waals surface area (Å²) in [6, 6.07) is 4.53. The fourth-order valence-corrected chi connectivity index (χ4v) is 1.78. The minimum absolute atomic E-state index is 0.355. The molecule has 0 aliphatic rings. The standard InChI is InChI=1S/C14H25N3O/c1-5-7-15-10-13-9-14(6-8-16-13)17(3)12(2)11-18-4/h6,8-9,12,15H,5,7,10-11H2,1-4H3. The lowest BCUT2D eigenvalue weighted by atomic mass is 10.2. The van der Waals surface area contributed by atoms with E-state index in [1.165, 1.54) is 5.69 Å². The van der Waals surface area contributed by atoms with Gasteiger partial charge in [0, 0.05) is 38.6 Å². The Hall–Kier alpha value is -1.13. The molecular weight excluding hydrogens is 226 g/mol. The maximum atomic E-state index is 5.19. The van der Waals surface area contributed by atoms with Gasteiger partial charge in [-0.05, 0) is 32.0 Å². The first-order chi connectivity index (χ1) is 8.69. The van der Waals surface area contributed by atoms with E-state index >= 15 is 0 Å². The lowest BCUT2D eigenvalue weighted by Gasteiger charge is -2.26. The summed E-state index contributed by atoms with van der Waals surface area (Å²) in [4.78, 5) is 6.60. The van der Waals surface area contributed by atoms with Gasteiger partial charge in [-0.15, -0.1) is 0 Å². The third kappa shape index (κ3) is 4.63. The highest BCUT2D eigenvalue weighted by Gasteiger charge is 2.10. The zero-order chi connectivity index (χ0) is 13.4. The molecule has 0 fully saturated rings. The van der Waals surface area contributed by atoms with Gasteiger partial charge in [0.25, 0.3) is 0 Å². The first-order valence-corrected chi connectivity index (χ1v) is 6.56. The third-order valence-electron chi connectivity index (χ3n) is 3.01. The van der Waals surface area contributed by atoms with Crippen LogP contribution in [0.4, 0.5) is 5.69 Å². The fourth-order valence-electron chi connectivity index (χ4n) is 1.78. The van der Waals surface area contributed by atoms with Crippen molar-refractivity contribution in [3.63, 3.8) is 0 Å². The molecule has 0 aliphatic heterocycles. The topological polar surface area (TPSA) is 37.4 Å². The first kappa shape index (κ1) is 14.9. The highest BCUT2D eigenvalue weighted by atomic mass is 16.5. The Morgan fingerprint density at radius 3 is 2.94 bits per heavy atom. The summed E-state index contributed by atoms with van der Waals surface area (Å²) in [7, 11) is 3.82. The predicted molar refractivity (Wildman–Crippen MR) is 76.0 cm³/mol. The number of hydrogen-bond acceptors (Lipinski definition) is 4. The van der Waals surface area contributed by atoms with Crippen LogP contribution in [0.1, 0.15) is 26.0 Å². The second kappa shape index (κ2) is 8.06. The number of methoxy groups -OCH3 is 1. The average molecular weight is 251 g/mol. The largest absolute Gasteiger partial charge is 0.383 e. The van der Waals surface area contributed by atoms with E-state index in [1.807, 2.05) is 12.3 Å². The molecule has 1 N–H and O–H groups in total.